The number of hydrogen-bond donors (Lipinski definition) is 1. The second kappa shape index (κ2) is 8.28. The average Bonchev–Trinajstić information content (AvgIpc) is 2.59. The summed E-state index contributed by atoms with van der Waals surface area (Å²) in [6.07, 6.45) is 0.975. The Hall–Kier alpha value is -1.89. The van der Waals surface area contributed by atoms with Crippen LogP contribution in [-0.2, 0) is 17.8 Å². The number of carbonyl (C=O) groups is 2. The highest BCUT2D eigenvalue weighted by Gasteiger charge is 2.20. The molecule has 2 aromatic rings. The van der Waals surface area contributed by atoms with Crippen LogP contribution in [0.15, 0.2) is 36.4 Å². The summed E-state index contributed by atoms with van der Waals surface area (Å²) in [6.45, 7) is 4.35. The molecular formula is C19H20INO3. The quantitative estimate of drug-likeness (QED) is 0.427. The van der Waals surface area contributed by atoms with Gasteiger partial charge in [-0.05, 0) is 59.2 Å². The summed E-state index contributed by atoms with van der Waals surface area (Å²) >= 11 is 2.15. The molecule has 24 heavy (non-hydrogen) atoms. The van der Waals surface area contributed by atoms with E-state index in [4.69, 9.17) is 4.74 Å². The van der Waals surface area contributed by atoms with Gasteiger partial charge >= 0.3 is 0 Å². The number of amides is 1. The van der Waals surface area contributed by atoms with Gasteiger partial charge in [-0.15, -0.1) is 0 Å². The lowest BCUT2D eigenvalue weighted by molar-refractivity contribution is -0.116. The summed E-state index contributed by atoms with van der Waals surface area (Å²) in [6, 6.07) is 11.4. The normalized spacial score (nSPS) is 10.3. The zero-order valence-electron chi connectivity index (χ0n) is 14.0. The lowest BCUT2D eigenvalue weighted by Gasteiger charge is -2.14. The number of likely N-dealkylation sites (N-methyl/N-ethyl adjacent to an activating group) is 1. The molecule has 0 aromatic heterocycles. The zero-order chi connectivity index (χ0) is 17.7. The molecule has 0 fully saturated rings. The van der Waals surface area contributed by atoms with Gasteiger partial charge in [0.05, 0.1) is 0 Å². The number of rotatable bonds is 6. The summed E-state index contributed by atoms with van der Waals surface area (Å²) in [7, 11) is 1.45. The van der Waals surface area contributed by atoms with Gasteiger partial charge in [0.15, 0.2) is 0 Å². The molecule has 0 aliphatic rings. The fourth-order valence-corrected chi connectivity index (χ4v) is 3.05. The third kappa shape index (κ3) is 4.14. The van der Waals surface area contributed by atoms with Crippen molar-refractivity contribution < 1.29 is 14.3 Å². The minimum absolute atomic E-state index is 0.240. The maximum Gasteiger partial charge on any atom is 0.292 e. The van der Waals surface area contributed by atoms with E-state index in [1.54, 1.807) is 12.1 Å². The fraction of sp³-hybridized carbons (Fsp3) is 0.263. The summed E-state index contributed by atoms with van der Waals surface area (Å²) < 4.78 is 6.81. The van der Waals surface area contributed by atoms with Crippen LogP contribution in [0.3, 0.4) is 0 Å². The molecule has 0 atom stereocenters. The van der Waals surface area contributed by atoms with E-state index in [1.807, 2.05) is 25.1 Å². The number of carbonyl (C=O) groups excluding carboxylic acids is 2. The van der Waals surface area contributed by atoms with E-state index in [-0.39, 0.29) is 6.61 Å². The highest BCUT2D eigenvalue weighted by molar-refractivity contribution is 14.1. The van der Waals surface area contributed by atoms with Gasteiger partial charge < -0.3 is 10.1 Å². The van der Waals surface area contributed by atoms with E-state index in [0.717, 1.165) is 26.9 Å². The third-order valence-corrected chi connectivity index (χ3v) is 4.83. The Kier molecular flexibility index (Phi) is 6.36. The molecule has 0 radical (unpaired) electrons. The molecular weight excluding hydrogens is 417 g/mol. The van der Waals surface area contributed by atoms with Crippen LogP contribution in [0.4, 0.5) is 0 Å². The highest BCUT2D eigenvalue weighted by Crippen LogP contribution is 2.24. The Labute approximate surface area is 155 Å². The Morgan fingerprint density at radius 2 is 1.96 bits per heavy atom. The predicted molar refractivity (Wildman–Crippen MR) is 102 cm³/mol. The molecule has 2 rings (SSSR count). The third-order valence-electron chi connectivity index (χ3n) is 3.82. The van der Waals surface area contributed by atoms with Crippen molar-refractivity contribution in [2.45, 2.75) is 26.9 Å². The van der Waals surface area contributed by atoms with Crippen LogP contribution < -0.4 is 10.1 Å². The molecule has 0 bridgehead atoms. The number of nitrogens with one attached hydrogen (secondary N) is 1. The fourth-order valence-electron chi connectivity index (χ4n) is 2.40. The van der Waals surface area contributed by atoms with E-state index in [2.05, 4.69) is 40.9 Å². The van der Waals surface area contributed by atoms with Crippen LogP contribution in [0.25, 0.3) is 0 Å². The molecule has 0 aliphatic heterocycles. The van der Waals surface area contributed by atoms with Crippen molar-refractivity contribution in [1.82, 2.24) is 5.32 Å². The lowest BCUT2D eigenvalue weighted by atomic mass is 10.0. The van der Waals surface area contributed by atoms with E-state index < -0.39 is 11.7 Å². The van der Waals surface area contributed by atoms with Crippen LogP contribution in [-0.4, -0.2) is 18.7 Å². The first-order valence-electron chi connectivity index (χ1n) is 7.74. The second-order valence-corrected chi connectivity index (χ2v) is 6.58. The molecule has 2 aromatic carbocycles. The number of ketones is 1. The summed E-state index contributed by atoms with van der Waals surface area (Å²) in [5, 5.41) is 2.37. The molecule has 1 N–H and O–H groups in total. The topological polar surface area (TPSA) is 55.4 Å². The molecule has 126 valence electrons. The van der Waals surface area contributed by atoms with Crippen LogP contribution in [0.5, 0.6) is 5.75 Å². The standard InChI is InChI=1S/C19H20INO3/c1-4-13-8-9-17(12(2)10-13)24-11-15-14(6-5-7-16(15)20)18(22)19(23)21-3/h5-10H,4,11H2,1-3H3,(H,21,23). The molecule has 0 unspecified atom stereocenters. The first-order valence-corrected chi connectivity index (χ1v) is 8.82. The van der Waals surface area contributed by atoms with Gasteiger partial charge in [0.25, 0.3) is 11.7 Å². The predicted octanol–water partition coefficient (Wildman–Crippen LogP) is 3.67. The number of hydrogen-bond acceptors (Lipinski definition) is 3. The number of halogens is 1. The largest absolute Gasteiger partial charge is 0.489 e. The SMILES string of the molecule is CCc1ccc(OCc2c(I)cccc2C(=O)C(=O)NC)c(C)c1. The number of ether oxygens (including phenoxy) is 1. The van der Waals surface area contributed by atoms with Gasteiger partial charge in [-0.1, -0.05) is 31.2 Å². The number of aryl methyl sites for hydroxylation is 2. The monoisotopic (exact) mass is 437 g/mol. The van der Waals surface area contributed by atoms with Gasteiger partial charge in [0.1, 0.15) is 12.4 Å². The summed E-state index contributed by atoms with van der Waals surface area (Å²) in [5.74, 6) is -0.389. The Balaban J connectivity index is 2.27. The van der Waals surface area contributed by atoms with Gasteiger partial charge in [-0.2, -0.15) is 0 Å². The number of benzene rings is 2. The van der Waals surface area contributed by atoms with Crippen molar-refractivity contribution in [3.8, 4) is 5.75 Å². The van der Waals surface area contributed by atoms with Gasteiger partial charge in [-0.25, -0.2) is 0 Å². The van der Waals surface area contributed by atoms with Crippen LogP contribution in [0.1, 0.15) is 34.0 Å². The molecule has 0 saturated heterocycles. The molecule has 1 amide bonds. The first-order chi connectivity index (χ1) is 11.5. The van der Waals surface area contributed by atoms with E-state index >= 15 is 0 Å². The minimum atomic E-state index is -0.623. The molecule has 0 heterocycles. The summed E-state index contributed by atoms with van der Waals surface area (Å²) in [5.41, 5.74) is 3.42. The second-order valence-electron chi connectivity index (χ2n) is 5.42. The van der Waals surface area contributed by atoms with Crippen molar-refractivity contribution in [2.24, 2.45) is 0 Å². The van der Waals surface area contributed by atoms with E-state index in [9.17, 15) is 9.59 Å². The van der Waals surface area contributed by atoms with E-state index in [0.29, 0.717) is 5.56 Å². The van der Waals surface area contributed by atoms with Gasteiger partial charge in [0.2, 0.25) is 0 Å². The van der Waals surface area contributed by atoms with E-state index in [1.165, 1.54) is 12.6 Å². The van der Waals surface area contributed by atoms with Gasteiger partial charge in [0, 0.05) is 21.7 Å². The Morgan fingerprint density at radius 3 is 2.58 bits per heavy atom. The van der Waals surface area contributed by atoms with Crippen molar-refractivity contribution in [1.29, 1.82) is 0 Å². The number of Topliss-reactive ketones (excluding diaryl/α,β-unsaturated/α-hetero) is 1. The van der Waals surface area contributed by atoms with Crippen molar-refractivity contribution >= 4 is 34.3 Å². The maximum atomic E-state index is 12.2. The van der Waals surface area contributed by atoms with Crippen molar-refractivity contribution in [3.05, 3.63) is 62.2 Å². The van der Waals surface area contributed by atoms with Crippen LogP contribution >= 0.6 is 22.6 Å². The Morgan fingerprint density at radius 1 is 1.21 bits per heavy atom. The smallest absolute Gasteiger partial charge is 0.292 e. The Bertz CT molecular complexity index is 771. The molecule has 5 heteroatoms. The molecule has 0 saturated carbocycles. The van der Waals surface area contributed by atoms with Crippen LogP contribution in [0.2, 0.25) is 0 Å². The first kappa shape index (κ1) is 18.4. The van der Waals surface area contributed by atoms with Crippen LogP contribution in [0, 0.1) is 10.5 Å². The highest BCUT2D eigenvalue weighted by atomic mass is 127. The van der Waals surface area contributed by atoms with Gasteiger partial charge in [-0.3, -0.25) is 9.59 Å². The zero-order valence-corrected chi connectivity index (χ0v) is 16.1. The van der Waals surface area contributed by atoms with Crippen molar-refractivity contribution in [2.75, 3.05) is 7.05 Å². The minimum Gasteiger partial charge on any atom is -0.489 e. The lowest BCUT2D eigenvalue weighted by Crippen LogP contribution is -2.28. The molecule has 4 nitrogen and oxygen atoms in total. The molecule has 0 spiro atoms. The maximum absolute atomic E-state index is 12.2. The summed E-state index contributed by atoms with van der Waals surface area (Å²) in [4.78, 5) is 23.9. The average molecular weight is 437 g/mol. The van der Waals surface area contributed by atoms with Crippen molar-refractivity contribution in [3.63, 3.8) is 0 Å². The molecule has 0 aliphatic carbocycles.